The summed E-state index contributed by atoms with van der Waals surface area (Å²) in [5.74, 6) is 1.06. The Kier molecular flexibility index (Phi) is 7.47. The third-order valence-corrected chi connectivity index (χ3v) is 5.01. The van der Waals surface area contributed by atoms with Gasteiger partial charge in [0.1, 0.15) is 11.8 Å². The van der Waals surface area contributed by atoms with E-state index in [1.807, 2.05) is 19.9 Å². The number of benzene rings is 1. The molecule has 1 aliphatic heterocycles. The van der Waals surface area contributed by atoms with E-state index in [0.29, 0.717) is 23.9 Å². The first-order chi connectivity index (χ1) is 12.4. The number of nitriles is 1. The second kappa shape index (κ2) is 9.59. The molecule has 5 heteroatoms. The van der Waals surface area contributed by atoms with Crippen molar-refractivity contribution >= 4 is 5.91 Å². The van der Waals surface area contributed by atoms with Gasteiger partial charge in [0.05, 0.1) is 5.56 Å². The SMILES string of the molecule is CC1CCCN(C(C)CNC(=O)C(Oc2ccccc2C#N)C(C)C)C1. The third-order valence-electron chi connectivity index (χ3n) is 5.01. The summed E-state index contributed by atoms with van der Waals surface area (Å²) in [6, 6.07) is 9.45. The predicted molar refractivity (Wildman–Crippen MR) is 103 cm³/mol. The lowest BCUT2D eigenvalue weighted by molar-refractivity contribution is -0.130. The van der Waals surface area contributed by atoms with Crippen LogP contribution < -0.4 is 10.1 Å². The highest BCUT2D eigenvalue weighted by Gasteiger charge is 2.27. The van der Waals surface area contributed by atoms with Crippen molar-refractivity contribution in [2.75, 3.05) is 19.6 Å². The zero-order chi connectivity index (χ0) is 19.1. The largest absolute Gasteiger partial charge is 0.479 e. The van der Waals surface area contributed by atoms with Crippen LogP contribution in [0.3, 0.4) is 0 Å². The van der Waals surface area contributed by atoms with E-state index in [4.69, 9.17) is 4.74 Å². The van der Waals surface area contributed by atoms with Crippen LogP contribution in [0.4, 0.5) is 0 Å². The Bertz CT molecular complexity index is 638. The van der Waals surface area contributed by atoms with E-state index in [1.165, 1.54) is 12.8 Å². The molecule has 0 radical (unpaired) electrons. The Morgan fingerprint density at radius 1 is 1.38 bits per heavy atom. The molecular weight excluding hydrogens is 326 g/mol. The monoisotopic (exact) mass is 357 g/mol. The van der Waals surface area contributed by atoms with Gasteiger partial charge in [-0.05, 0) is 50.3 Å². The maximum Gasteiger partial charge on any atom is 0.261 e. The molecule has 26 heavy (non-hydrogen) atoms. The van der Waals surface area contributed by atoms with Gasteiger partial charge >= 0.3 is 0 Å². The molecule has 1 aromatic carbocycles. The summed E-state index contributed by atoms with van der Waals surface area (Å²) in [7, 11) is 0. The average Bonchev–Trinajstić information content (AvgIpc) is 2.63. The molecule has 0 bridgehead atoms. The Morgan fingerprint density at radius 3 is 2.77 bits per heavy atom. The van der Waals surface area contributed by atoms with Crippen molar-refractivity contribution in [1.29, 1.82) is 5.26 Å². The maximum absolute atomic E-state index is 12.7. The lowest BCUT2D eigenvalue weighted by Gasteiger charge is -2.35. The Balaban J connectivity index is 1.95. The average molecular weight is 357 g/mol. The van der Waals surface area contributed by atoms with E-state index in [-0.39, 0.29) is 11.8 Å². The van der Waals surface area contributed by atoms with Gasteiger partial charge in [0, 0.05) is 19.1 Å². The zero-order valence-electron chi connectivity index (χ0n) is 16.4. The Hall–Kier alpha value is -2.06. The van der Waals surface area contributed by atoms with Gasteiger partial charge in [0.25, 0.3) is 5.91 Å². The normalized spacial score (nSPS) is 20.2. The molecule has 0 saturated carbocycles. The van der Waals surface area contributed by atoms with Crippen LogP contribution in [-0.2, 0) is 4.79 Å². The first-order valence-electron chi connectivity index (χ1n) is 9.60. The Labute approximate surface area is 157 Å². The van der Waals surface area contributed by atoms with Gasteiger partial charge in [0.2, 0.25) is 0 Å². The molecule has 3 atom stereocenters. The van der Waals surface area contributed by atoms with Crippen LogP contribution >= 0.6 is 0 Å². The highest BCUT2D eigenvalue weighted by Crippen LogP contribution is 2.21. The van der Waals surface area contributed by atoms with E-state index in [1.54, 1.807) is 18.2 Å². The lowest BCUT2D eigenvalue weighted by Crippen LogP contribution is -2.49. The van der Waals surface area contributed by atoms with Crippen LogP contribution in [0.1, 0.15) is 46.1 Å². The molecule has 142 valence electrons. The smallest absolute Gasteiger partial charge is 0.261 e. The minimum absolute atomic E-state index is 0.00654. The van der Waals surface area contributed by atoms with Gasteiger partial charge in [0.15, 0.2) is 6.10 Å². The predicted octanol–water partition coefficient (Wildman–Crippen LogP) is 3.20. The summed E-state index contributed by atoms with van der Waals surface area (Å²) in [6.45, 7) is 11.2. The summed E-state index contributed by atoms with van der Waals surface area (Å²) in [5.41, 5.74) is 0.446. The molecular formula is C21H31N3O2. The second-order valence-electron chi connectivity index (χ2n) is 7.73. The molecule has 1 saturated heterocycles. The van der Waals surface area contributed by atoms with Crippen molar-refractivity contribution in [2.45, 2.75) is 52.7 Å². The topological polar surface area (TPSA) is 65.4 Å². The van der Waals surface area contributed by atoms with Crippen molar-refractivity contribution in [3.63, 3.8) is 0 Å². The molecule has 0 aromatic heterocycles. The number of nitrogens with zero attached hydrogens (tertiary/aromatic N) is 2. The van der Waals surface area contributed by atoms with Crippen LogP contribution in [0, 0.1) is 23.2 Å². The number of ether oxygens (including phenoxy) is 1. The molecule has 2 rings (SSSR count). The van der Waals surface area contributed by atoms with Crippen molar-refractivity contribution in [3.05, 3.63) is 29.8 Å². The Morgan fingerprint density at radius 2 is 2.12 bits per heavy atom. The third kappa shape index (κ3) is 5.47. The number of nitrogens with one attached hydrogen (secondary N) is 1. The zero-order valence-corrected chi connectivity index (χ0v) is 16.4. The van der Waals surface area contributed by atoms with Gasteiger partial charge < -0.3 is 10.1 Å². The van der Waals surface area contributed by atoms with Crippen molar-refractivity contribution < 1.29 is 9.53 Å². The lowest BCUT2D eigenvalue weighted by atomic mass is 9.99. The highest BCUT2D eigenvalue weighted by atomic mass is 16.5. The van der Waals surface area contributed by atoms with E-state index < -0.39 is 6.10 Å². The van der Waals surface area contributed by atoms with Crippen molar-refractivity contribution in [1.82, 2.24) is 10.2 Å². The first-order valence-corrected chi connectivity index (χ1v) is 9.60. The summed E-state index contributed by atoms with van der Waals surface area (Å²) in [5, 5.41) is 12.3. The van der Waals surface area contributed by atoms with E-state index in [9.17, 15) is 10.1 Å². The van der Waals surface area contributed by atoms with Crippen molar-refractivity contribution in [2.24, 2.45) is 11.8 Å². The molecule has 1 fully saturated rings. The number of hydrogen-bond acceptors (Lipinski definition) is 4. The fourth-order valence-corrected chi connectivity index (χ4v) is 3.39. The minimum atomic E-state index is -0.614. The summed E-state index contributed by atoms with van der Waals surface area (Å²) < 4.78 is 5.91. The van der Waals surface area contributed by atoms with E-state index >= 15 is 0 Å². The van der Waals surface area contributed by atoms with Crippen LogP contribution in [0.25, 0.3) is 0 Å². The summed E-state index contributed by atoms with van der Waals surface area (Å²) >= 11 is 0. The van der Waals surface area contributed by atoms with E-state index in [0.717, 1.165) is 19.0 Å². The van der Waals surface area contributed by atoms with E-state index in [2.05, 4.69) is 30.1 Å². The van der Waals surface area contributed by atoms with Gasteiger partial charge in [-0.3, -0.25) is 9.69 Å². The molecule has 0 spiro atoms. The quantitative estimate of drug-likeness (QED) is 0.814. The summed E-state index contributed by atoms with van der Waals surface area (Å²) in [4.78, 5) is 15.2. The maximum atomic E-state index is 12.7. The van der Waals surface area contributed by atoms with Gasteiger partial charge in [-0.2, -0.15) is 5.26 Å². The number of carbonyl (C=O) groups is 1. The number of likely N-dealkylation sites (tertiary alicyclic amines) is 1. The number of amides is 1. The fourth-order valence-electron chi connectivity index (χ4n) is 3.39. The highest BCUT2D eigenvalue weighted by molar-refractivity contribution is 5.81. The molecule has 1 N–H and O–H groups in total. The minimum Gasteiger partial charge on any atom is -0.479 e. The molecule has 0 aliphatic carbocycles. The number of piperidine rings is 1. The number of para-hydroxylation sites is 1. The van der Waals surface area contributed by atoms with Crippen LogP contribution in [-0.4, -0.2) is 42.6 Å². The molecule has 1 aromatic rings. The van der Waals surface area contributed by atoms with Crippen molar-refractivity contribution in [3.8, 4) is 11.8 Å². The number of carbonyl (C=O) groups excluding carboxylic acids is 1. The molecule has 1 amide bonds. The number of rotatable bonds is 7. The summed E-state index contributed by atoms with van der Waals surface area (Å²) in [6.07, 6.45) is 1.90. The molecule has 1 aliphatic rings. The van der Waals surface area contributed by atoms with Crippen LogP contribution in [0.5, 0.6) is 5.75 Å². The second-order valence-corrected chi connectivity index (χ2v) is 7.73. The van der Waals surface area contributed by atoms with Gasteiger partial charge in [-0.1, -0.05) is 32.9 Å². The van der Waals surface area contributed by atoms with Crippen LogP contribution in [0.15, 0.2) is 24.3 Å². The standard InChI is InChI=1S/C21H31N3O2/c1-15(2)20(26-19-10-6-5-9-18(19)12-22)21(25)23-13-17(4)24-11-7-8-16(3)14-24/h5-6,9-10,15-17,20H,7-8,11,13-14H2,1-4H3,(H,23,25). The van der Waals surface area contributed by atoms with Gasteiger partial charge in [-0.25, -0.2) is 0 Å². The first kappa shape index (κ1) is 20.3. The fraction of sp³-hybridized carbons (Fsp3) is 0.619. The molecule has 5 nitrogen and oxygen atoms in total. The van der Waals surface area contributed by atoms with Gasteiger partial charge in [-0.15, -0.1) is 0 Å². The number of hydrogen-bond donors (Lipinski definition) is 1. The van der Waals surface area contributed by atoms with Crippen LogP contribution in [0.2, 0.25) is 0 Å². The molecule has 3 unspecified atom stereocenters. The molecule has 1 heterocycles.